The molecule has 1 unspecified atom stereocenters. The Labute approximate surface area is 176 Å². The van der Waals surface area contributed by atoms with Crippen LogP contribution in [0.5, 0.6) is 0 Å². The van der Waals surface area contributed by atoms with E-state index in [1.807, 2.05) is 42.5 Å². The van der Waals surface area contributed by atoms with Gasteiger partial charge in [0.1, 0.15) is 5.69 Å². The molecule has 3 aromatic rings. The number of aromatic nitrogens is 1. The van der Waals surface area contributed by atoms with Gasteiger partial charge in [0.15, 0.2) is 0 Å². The predicted molar refractivity (Wildman–Crippen MR) is 118 cm³/mol. The van der Waals surface area contributed by atoms with Crippen LogP contribution in [0.1, 0.15) is 47.1 Å². The van der Waals surface area contributed by atoms with Crippen LogP contribution in [-0.2, 0) is 11.2 Å². The van der Waals surface area contributed by atoms with E-state index >= 15 is 0 Å². The Kier molecular flexibility index (Phi) is 5.23. The number of nitrogens with zero attached hydrogens (tertiary/aromatic N) is 1. The lowest BCUT2D eigenvalue weighted by atomic mass is 9.85. The fraction of sp³-hybridized carbons (Fsp3) is 0.333. The molecule has 1 aromatic heterocycles. The molecule has 0 radical (unpaired) electrons. The molecule has 4 rings (SSSR count). The van der Waals surface area contributed by atoms with Crippen molar-refractivity contribution in [3.8, 4) is 6.07 Å². The molecule has 0 aliphatic heterocycles. The maximum atomic E-state index is 13.1. The Hall–Kier alpha value is -3.30. The Morgan fingerprint density at radius 3 is 2.87 bits per heavy atom. The number of carbonyl (C=O) groups excluding carboxylic acids is 1. The molecule has 1 atom stereocenters. The molecule has 0 spiro atoms. The zero-order valence-electron chi connectivity index (χ0n) is 17.5. The highest BCUT2D eigenvalue weighted by Gasteiger charge is 2.40. The summed E-state index contributed by atoms with van der Waals surface area (Å²) in [5, 5.41) is 16.7. The van der Waals surface area contributed by atoms with Crippen molar-refractivity contribution in [3.63, 3.8) is 0 Å². The molecule has 1 amide bonds. The van der Waals surface area contributed by atoms with Gasteiger partial charge >= 0.3 is 0 Å². The van der Waals surface area contributed by atoms with Crippen LogP contribution in [-0.4, -0.2) is 31.2 Å². The lowest BCUT2D eigenvalue weighted by Crippen LogP contribution is -2.35. The highest BCUT2D eigenvalue weighted by atomic mass is 16.5. The van der Waals surface area contributed by atoms with E-state index in [1.165, 1.54) is 5.56 Å². The Morgan fingerprint density at radius 2 is 2.10 bits per heavy atom. The maximum absolute atomic E-state index is 13.1. The minimum Gasteiger partial charge on any atom is -0.383 e. The average molecular weight is 402 g/mol. The number of carbonyl (C=O) groups is 1. The number of hydrogen-bond acceptors (Lipinski definition) is 4. The van der Waals surface area contributed by atoms with Crippen molar-refractivity contribution in [3.05, 3.63) is 64.8 Å². The molecule has 6 heteroatoms. The van der Waals surface area contributed by atoms with Gasteiger partial charge in [-0.2, -0.15) is 5.26 Å². The first-order chi connectivity index (χ1) is 14.4. The highest BCUT2D eigenvalue weighted by molar-refractivity contribution is 5.99. The molecule has 0 saturated carbocycles. The third kappa shape index (κ3) is 3.77. The molecule has 1 aliphatic rings. The summed E-state index contributed by atoms with van der Waals surface area (Å²) in [6, 6.07) is 15.6. The quantitative estimate of drug-likeness (QED) is 0.540. The number of ether oxygens (including phenoxy) is 1. The van der Waals surface area contributed by atoms with Gasteiger partial charge in [0.25, 0.3) is 5.91 Å². The van der Waals surface area contributed by atoms with Crippen LogP contribution in [0.25, 0.3) is 10.9 Å². The minimum absolute atomic E-state index is 0.128. The highest BCUT2D eigenvalue weighted by Crippen LogP contribution is 2.45. The van der Waals surface area contributed by atoms with Gasteiger partial charge < -0.3 is 20.4 Å². The zero-order chi connectivity index (χ0) is 21.3. The van der Waals surface area contributed by atoms with E-state index in [-0.39, 0.29) is 17.4 Å². The third-order valence-electron chi connectivity index (χ3n) is 5.79. The topological polar surface area (TPSA) is 89.9 Å². The molecule has 30 heavy (non-hydrogen) atoms. The van der Waals surface area contributed by atoms with Gasteiger partial charge in [-0.3, -0.25) is 4.79 Å². The smallest absolute Gasteiger partial charge is 0.268 e. The molecule has 2 aromatic carbocycles. The summed E-state index contributed by atoms with van der Waals surface area (Å²) < 4.78 is 5.07. The minimum atomic E-state index is -0.147. The van der Waals surface area contributed by atoms with Crippen LogP contribution in [0, 0.1) is 16.7 Å². The summed E-state index contributed by atoms with van der Waals surface area (Å²) in [7, 11) is 1.67. The van der Waals surface area contributed by atoms with Crippen LogP contribution < -0.4 is 10.6 Å². The van der Waals surface area contributed by atoms with Gasteiger partial charge in [0, 0.05) is 30.2 Å². The molecule has 0 bridgehead atoms. The summed E-state index contributed by atoms with van der Waals surface area (Å²) in [6.45, 7) is 5.64. The van der Waals surface area contributed by atoms with Crippen molar-refractivity contribution in [2.24, 2.45) is 5.41 Å². The molecule has 154 valence electrons. The number of nitriles is 1. The van der Waals surface area contributed by atoms with Gasteiger partial charge in [0.05, 0.1) is 24.3 Å². The van der Waals surface area contributed by atoms with Gasteiger partial charge in [-0.1, -0.05) is 19.9 Å². The van der Waals surface area contributed by atoms with Crippen molar-refractivity contribution in [2.75, 3.05) is 25.6 Å². The summed E-state index contributed by atoms with van der Waals surface area (Å²) in [4.78, 5) is 16.3. The van der Waals surface area contributed by atoms with Crippen LogP contribution in [0.3, 0.4) is 0 Å². The van der Waals surface area contributed by atoms with Crippen LogP contribution >= 0.6 is 0 Å². The number of amides is 1. The Bertz CT molecular complexity index is 1140. The van der Waals surface area contributed by atoms with Gasteiger partial charge in [-0.15, -0.1) is 0 Å². The van der Waals surface area contributed by atoms with E-state index in [4.69, 9.17) is 4.74 Å². The number of hydrogen-bond donors (Lipinski definition) is 3. The summed E-state index contributed by atoms with van der Waals surface area (Å²) >= 11 is 0. The average Bonchev–Trinajstić information content (AvgIpc) is 3.25. The molecule has 6 nitrogen and oxygen atoms in total. The number of anilines is 1. The standard InChI is InChI=1S/C24H26N4O2/c1-24(2)13-16-5-4-15(14-25)10-19(16)22(24)28-23(29)21-12-17-11-18(26-8-9-30-3)6-7-20(17)27-21/h4-7,10-12,22,26-27H,8-9,13H2,1-3H3,(H,28,29). The van der Waals surface area contributed by atoms with Gasteiger partial charge in [0.2, 0.25) is 0 Å². The fourth-order valence-electron chi connectivity index (χ4n) is 4.25. The normalized spacial score (nSPS) is 16.8. The number of fused-ring (bicyclic) bond motifs is 2. The third-order valence-corrected chi connectivity index (χ3v) is 5.79. The molecule has 0 fully saturated rings. The lowest BCUT2D eigenvalue weighted by Gasteiger charge is -2.28. The van der Waals surface area contributed by atoms with E-state index in [0.717, 1.165) is 35.1 Å². The van der Waals surface area contributed by atoms with Crippen molar-refractivity contribution >= 4 is 22.5 Å². The van der Waals surface area contributed by atoms with Crippen molar-refractivity contribution < 1.29 is 9.53 Å². The molecular formula is C24H26N4O2. The van der Waals surface area contributed by atoms with Crippen molar-refractivity contribution in [2.45, 2.75) is 26.3 Å². The second-order valence-electron chi connectivity index (χ2n) is 8.50. The molecule has 3 N–H and O–H groups in total. The largest absolute Gasteiger partial charge is 0.383 e. The Balaban J connectivity index is 1.56. The second kappa shape index (κ2) is 7.85. The number of nitrogens with one attached hydrogen (secondary N) is 3. The Morgan fingerprint density at radius 1 is 1.27 bits per heavy atom. The number of H-pyrrole nitrogens is 1. The zero-order valence-corrected chi connectivity index (χ0v) is 17.5. The first-order valence-corrected chi connectivity index (χ1v) is 10.1. The van der Waals surface area contributed by atoms with E-state index in [1.54, 1.807) is 7.11 Å². The van der Waals surface area contributed by atoms with Crippen LogP contribution in [0.15, 0.2) is 42.5 Å². The van der Waals surface area contributed by atoms with Crippen LogP contribution in [0.4, 0.5) is 5.69 Å². The number of benzene rings is 2. The lowest BCUT2D eigenvalue weighted by molar-refractivity contribution is 0.0899. The number of rotatable bonds is 6. The first kappa shape index (κ1) is 20.0. The summed E-state index contributed by atoms with van der Waals surface area (Å²) in [5.74, 6) is -0.145. The fourth-order valence-corrected chi connectivity index (χ4v) is 4.25. The van der Waals surface area contributed by atoms with Gasteiger partial charge in [-0.25, -0.2) is 0 Å². The predicted octanol–water partition coefficient (Wildman–Crippen LogP) is 4.15. The first-order valence-electron chi connectivity index (χ1n) is 10.1. The van der Waals surface area contributed by atoms with Crippen molar-refractivity contribution in [1.82, 2.24) is 10.3 Å². The number of methoxy groups -OCH3 is 1. The van der Waals surface area contributed by atoms with E-state index < -0.39 is 0 Å². The summed E-state index contributed by atoms with van der Waals surface area (Å²) in [6.07, 6.45) is 0.863. The van der Waals surface area contributed by atoms with E-state index in [9.17, 15) is 10.1 Å². The van der Waals surface area contributed by atoms with Crippen molar-refractivity contribution in [1.29, 1.82) is 5.26 Å². The maximum Gasteiger partial charge on any atom is 0.268 e. The van der Waals surface area contributed by atoms with E-state index in [0.29, 0.717) is 17.9 Å². The van der Waals surface area contributed by atoms with Crippen LogP contribution in [0.2, 0.25) is 0 Å². The molecule has 1 aliphatic carbocycles. The molecule has 1 heterocycles. The SMILES string of the molecule is COCCNc1ccc2[nH]c(C(=O)NC3c4cc(C#N)ccc4CC3(C)C)cc2c1. The summed E-state index contributed by atoms with van der Waals surface area (Å²) in [5.41, 5.74) is 5.14. The number of aromatic amines is 1. The monoisotopic (exact) mass is 402 g/mol. The van der Waals surface area contributed by atoms with Gasteiger partial charge in [-0.05, 0) is 59.4 Å². The second-order valence-corrected chi connectivity index (χ2v) is 8.50. The van der Waals surface area contributed by atoms with E-state index in [2.05, 4.69) is 35.5 Å². The molecular weight excluding hydrogens is 376 g/mol. The molecule has 0 saturated heterocycles.